The highest BCUT2D eigenvalue weighted by Gasteiger charge is 2.52. The predicted octanol–water partition coefficient (Wildman–Crippen LogP) is 1.31. The summed E-state index contributed by atoms with van der Waals surface area (Å²) in [6, 6.07) is 0. The maximum absolute atomic E-state index is 11.5. The van der Waals surface area contributed by atoms with Crippen molar-refractivity contribution in [1.82, 2.24) is 0 Å². The summed E-state index contributed by atoms with van der Waals surface area (Å²) >= 11 is 0. The molecule has 16 heavy (non-hydrogen) atoms. The van der Waals surface area contributed by atoms with Gasteiger partial charge in [-0.25, -0.2) is 8.42 Å². The smallest absolute Gasteiger partial charge is 0.309 e. The van der Waals surface area contributed by atoms with Gasteiger partial charge < -0.3 is 5.11 Å². The van der Waals surface area contributed by atoms with Gasteiger partial charge in [-0.3, -0.25) is 4.79 Å². The zero-order valence-corrected chi connectivity index (χ0v) is 10.3. The van der Waals surface area contributed by atoms with Crippen LogP contribution in [-0.4, -0.2) is 31.0 Å². The van der Waals surface area contributed by atoms with Crippen molar-refractivity contribution in [2.24, 2.45) is 17.3 Å². The van der Waals surface area contributed by atoms with Crippen molar-refractivity contribution in [1.29, 1.82) is 0 Å². The Morgan fingerprint density at radius 2 is 2.06 bits per heavy atom. The standard InChI is InChI=1S/C11H18O4S/c1-8-2-4-11(6-8,10(12)13)9-3-5-16(14,15)7-9/h8-9H,2-7H2,1H3,(H,12,13). The first kappa shape index (κ1) is 11.9. The van der Waals surface area contributed by atoms with Crippen LogP contribution in [0.1, 0.15) is 32.6 Å². The Kier molecular flexibility index (Phi) is 2.77. The van der Waals surface area contributed by atoms with Crippen molar-refractivity contribution >= 4 is 15.8 Å². The van der Waals surface area contributed by atoms with Gasteiger partial charge in [0.25, 0.3) is 0 Å². The molecule has 0 aromatic heterocycles. The van der Waals surface area contributed by atoms with Crippen LogP contribution in [0.3, 0.4) is 0 Å². The second kappa shape index (κ2) is 3.72. The Labute approximate surface area is 96.0 Å². The molecule has 0 bridgehead atoms. The molecule has 4 nitrogen and oxygen atoms in total. The summed E-state index contributed by atoms with van der Waals surface area (Å²) in [4.78, 5) is 11.5. The van der Waals surface area contributed by atoms with Crippen LogP contribution in [0.5, 0.6) is 0 Å². The summed E-state index contributed by atoms with van der Waals surface area (Å²) in [6.07, 6.45) is 2.72. The van der Waals surface area contributed by atoms with E-state index in [1.165, 1.54) is 0 Å². The van der Waals surface area contributed by atoms with E-state index in [1.54, 1.807) is 0 Å². The molecule has 1 saturated carbocycles. The lowest BCUT2D eigenvalue weighted by Gasteiger charge is -2.30. The van der Waals surface area contributed by atoms with Gasteiger partial charge in [0.15, 0.2) is 9.84 Å². The molecule has 92 valence electrons. The minimum Gasteiger partial charge on any atom is -0.481 e. The topological polar surface area (TPSA) is 71.4 Å². The molecule has 1 aliphatic carbocycles. The lowest BCUT2D eigenvalue weighted by atomic mass is 9.73. The number of rotatable bonds is 2. The zero-order valence-electron chi connectivity index (χ0n) is 9.48. The van der Waals surface area contributed by atoms with Gasteiger partial charge in [0.2, 0.25) is 0 Å². The van der Waals surface area contributed by atoms with Gasteiger partial charge >= 0.3 is 5.97 Å². The van der Waals surface area contributed by atoms with E-state index in [4.69, 9.17) is 0 Å². The van der Waals surface area contributed by atoms with E-state index in [1.807, 2.05) is 6.92 Å². The Morgan fingerprint density at radius 3 is 2.44 bits per heavy atom. The lowest BCUT2D eigenvalue weighted by molar-refractivity contribution is -0.152. The highest BCUT2D eigenvalue weighted by molar-refractivity contribution is 7.91. The average molecular weight is 246 g/mol. The van der Waals surface area contributed by atoms with Crippen LogP contribution in [0.2, 0.25) is 0 Å². The molecular weight excluding hydrogens is 228 g/mol. The number of carboxylic acids is 1. The highest BCUT2D eigenvalue weighted by Crippen LogP contribution is 2.50. The summed E-state index contributed by atoms with van der Waals surface area (Å²) < 4.78 is 22.9. The molecular formula is C11H18O4S. The third-order valence-corrected chi connectivity index (χ3v) is 6.00. The summed E-state index contributed by atoms with van der Waals surface area (Å²) in [5.41, 5.74) is -0.761. The minimum absolute atomic E-state index is 0.0754. The number of hydrogen-bond acceptors (Lipinski definition) is 3. The Balaban J connectivity index is 2.25. The van der Waals surface area contributed by atoms with Crippen molar-refractivity contribution in [3.8, 4) is 0 Å². The van der Waals surface area contributed by atoms with Gasteiger partial charge in [-0.05, 0) is 37.5 Å². The molecule has 2 rings (SSSR count). The quantitative estimate of drug-likeness (QED) is 0.797. The normalized spacial score (nSPS) is 42.3. The van der Waals surface area contributed by atoms with Gasteiger partial charge in [0.1, 0.15) is 0 Å². The van der Waals surface area contributed by atoms with E-state index in [-0.39, 0.29) is 17.4 Å². The molecule has 0 radical (unpaired) electrons. The molecule has 1 heterocycles. The molecule has 1 saturated heterocycles. The van der Waals surface area contributed by atoms with Crippen LogP contribution in [0.4, 0.5) is 0 Å². The molecule has 3 atom stereocenters. The average Bonchev–Trinajstić information content (AvgIpc) is 2.70. The maximum atomic E-state index is 11.5. The van der Waals surface area contributed by atoms with E-state index >= 15 is 0 Å². The van der Waals surface area contributed by atoms with Crippen LogP contribution in [-0.2, 0) is 14.6 Å². The molecule has 0 aromatic carbocycles. The Hall–Kier alpha value is -0.580. The first-order valence-corrected chi connectivity index (χ1v) is 7.62. The van der Waals surface area contributed by atoms with Gasteiger partial charge in [-0.1, -0.05) is 6.92 Å². The molecule has 0 spiro atoms. The predicted molar refractivity (Wildman–Crippen MR) is 59.8 cm³/mol. The largest absolute Gasteiger partial charge is 0.481 e. The fourth-order valence-corrected chi connectivity index (χ4v) is 5.21. The number of carbonyl (C=O) groups is 1. The van der Waals surface area contributed by atoms with E-state index in [0.717, 1.165) is 6.42 Å². The highest BCUT2D eigenvalue weighted by atomic mass is 32.2. The van der Waals surface area contributed by atoms with E-state index in [0.29, 0.717) is 25.2 Å². The van der Waals surface area contributed by atoms with Crippen molar-refractivity contribution in [3.05, 3.63) is 0 Å². The first-order valence-electron chi connectivity index (χ1n) is 5.79. The monoisotopic (exact) mass is 246 g/mol. The van der Waals surface area contributed by atoms with Crippen molar-refractivity contribution < 1.29 is 18.3 Å². The molecule has 1 N–H and O–H groups in total. The molecule has 5 heteroatoms. The third-order valence-electron chi connectivity index (χ3n) is 4.24. The third kappa shape index (κ3) is 1.85. The van der Waals surface area contributed by atoms with Gasteiger partial charge in [-0.15, -0.1) is 0 Å². The Morgan fingerprint density at radius 1 is 1.38 bits per heavy atom. The summed E-state index contributed by atoms with van der Waals surface area (Å²) in [7, 11) is -2.99. The fraction of sp³-hybridized carbons (Fsp3) is 0.909. The number of aliphatic carboxylic acids is 1. The molecule has 0 amide bonds. The summed E-state index contributed by atoms with van der Waals surface area (Å²) in [5.74, 6) is -0.314. The van der Waals surface area contributed by atoms with E-state index in [9.17, 15) is 18.3 Å². The van der Waals surface area contributed by atoms with Gasteiger partial charge in [0.05, 0.1) is 16.9 Å². The molecule has 0 aromatic rings. The van der Waals surface area contributed by atoms with E-state index in [2.05, 4.69) is 0 Å². The Bertz CT molecular complexity index is 400. The lowest BCUT2D eigenvalue weighted by Crippen LogP contribution is -2.37. The number of sulfone groups is 1. The maximum Gasteiger partial charge on any atom is 0.309 e. The van der Waals surface area contributed by atoms with Crippen molar-refractivity contribution in [2.45, 2.75) is 32.6 Å². The van der Waals surface area contributed by atoms with Crippen molar-refractivity contribution in [2.75, 3.05) is 11.5 Å². The SMILES string of the molecule is CC1CCC(C(=O)O)(C2CCS(=O)(=O)C2)C1. The van der Waals surface area contributed by atoms with E-state index < -0.39 is 21.2 Å². The number of carboxylic acid groups (broad SMARTS) is 1. The van der Waals surface area contributed by atoms with Gasteiger partial charge in [0, 0.05) is 0 Å². The van der Waals surface area contributed by atoms with Crippen LogP contribution in [0.15, 0.2) is 0 Å². The van der Waals surface area contributed by atoms with Gasteiger partial charge in [-0.2, -0.15) is 0 Å². The van der Waals surface area contributed by atoms with Crippen LogP contribution in [0.25, 0.3) is 0 Å². The summed E-state index contributed by atoms with van der Waals surface area (Å²) in [6.45, 7) is 2.05. The number of hydrogen-bond donors (Lipinski definition) is 1. The zero-order chi connectivity index (χ0) is 12.0. The second-order valence-corrected chi connectivity index (χ2v) is 7.64. The van der Waals surface area contributed by atoms with Crippen molar-refractivity contribution in [3.63, 3.8) is 0 Å². The fourth-order valence-electron chi connectivity index (χ4n) is 3.30. The molecule has 2 aliphatic rings. The van der Waals surface area contributed by atoms with Crippen LogP contribution in [0, 0.1) is 17.3 Å². The van der Waals surface area contributed by atoms with Crippen LogP contribution < -0.4 is 0 Å². The second-order valence-electron chi connectivity index (χ2n) is 5.41. The molecule has 1 aliphatic heterocycles. The molecule has 2 fully saturated rings. The summed E-state index contributed by atoms with van der Waals surface area (Å²) in [5, 5.41) is 9.42. The molecule has 3 unspecified atom stereocenters. The minimum atomic E-state index is -2.99. The van der Waals surface area contributed by atoms with Crippen LogP contribution >= 0.6 is 0 Å². The first-order chi connectivity index (χ1) is 7.36.